The number of halogens is 3. The van der Waals surface area contributed by atoms with E-state index in [4.69, 9.17) is 16.9 Å². The summed E-state index contributed by atoms with van der Waals surface area (Å²) in [5.74, 6) is -1.63. The summed E-state index contributed by atoms with van der Waals surface area (Å²) < 4.78 is 14.2. The van der Waals surface area contributed by atoms with Crippen LogP contribution < -0.4 is 5.43 Å². The van der Waals surface area contributed by atoms with Crippen molar-refractivity contribution in [3.63, 3.8) is 0 Å². The fourth-order valence-corrected chi connectivity index (χ4v) is 2.73. The quantitative estimate of drug-likeness (QED) is 0.433. The molecule has 2 aromatic carbocycles. The van der Waals surface area contributed by atoms with E-state index < -0.39 is 11.7 Å². The molecule has 0 fully saturated rings. The number of aromatic hydroxyl groups is 1. The Morgan fingerprint density at radius 3 is 2.83 bits per heavy atom. The molecule has 5 nitrogen and oxygen atoms in total. The first-order chi connectivity index (χ1) is 10.9. The monoisotopic (exact) mass is 443 g/mol. The van der Waals surface area contributed by atoms with Gasteiger partial charge >= 0.3 is 0 Å². The molecule has 0 heterocycles. The van der Waals surface area contributed by atoms with Gasteiger partial charge in [-0.25, -0.2) is 9.82 Å². The summed E-state index contributed by atoms with van der Waals surface area (Å²) in [6, 6.07) is 8.29. The van der Waals surface area contributed by atoms with Crippen molar-refractivity contribution in [2.75, 3.05) is 0 Å². The molecule has 2 N–H and O–H groups in total. The van der Waals surface area contributed by atoms with E-state index in [1.54, 1.807) is 12.1 Å². The molecule has 23 heavy (non-hydrogen) atoms. The van der Waals surface area contributed by atoms with E-state index in [-0.39, 0.29) is 16.9 Å². The number of phenols is 1. The van der Waals surface area contributed by atoms with Crippen molar-refractivity contribution in [2.24, 2.45) is 5.10 Å². The zero-order chi connectivity index (χ0) is 17.0. The van der Waals surface area contributed by atoms with Crippen LogP contribution in [0.4, 0.5) is 4.39 Å². The van der Waals surface area contributed by atoms with Gasteiger partial charge in [-0.2, -0.15) is 10.4 Å². The van der Waals surface area contributed by atoms with Crippen LogP contribution in [0.1, 0.15) is 21.5 Å². The number of carbonyl (C=O) groups excluding carboxylic acids is 1. The number of nitriles is 1. The maximum atomic E-state index is 13.7. The molecule has 0 unspecified atom stereocenters. The van der Waals surface area contributed by atoms with Gasteiger partial charge in [-0.3, -0.25) is 4.79 Å². The lowest BCUT2D eigenvalue weighted by Gasteiger charge is -2.04. The number of carbonyl (C=O) groups is 1. The number of hydrogen-bond donors (Lipinski definition) is 2. The highest BCUT2D eigenvalue weighted by molar-refractivity contribution is 14.1. The van der Waals surface area contributed by atoms with Gasteiger partial charge in [0.15, 0.2) is 0 Å². The Labute approximate surface area is 149 Å². The van der Waals surface area contributed by atoms with Gasteiger partial charge in [-0.1, -0.05) is 11.6 Å². The number of rotatable bonds is 3. The van der Waals surface area contributed by atoms with Gasteiger partial charge in [0.2, 0.25) is 0 Å². The van der Waals surface area contributed by atoms with Crippen LogP contribution in [-0.4, -0.2) is 17.2 Å². The lowest BCUT2D eigenvalue weighted by atomic mass is 10.1. The smallest absolute Gasteiger partial charge is 0.274 e. The highest BCUT2D eigenvalue weighted by Gasteiger charge is 2.12. The van der Waals surface area contributed by atoms with E-state index in [9.17, 15) is 14.3 Å². The predicted molar refractivity (Wildman–Crippen MR) is 92.0 cm³/mol. The minimum absolute atomic E-state index is 0.0300. The minimum Gasteiger partial charge on any atom is -0.506 e. The second-order valence-corrected chi connectivity index (χ2v) is 5.93. The van der Waals surface area contributed by atoms with Gasteiger partial charge in [-0.05, 0) is 52.9 Å². The Bertz CT molecular complexity index is 849. The van der Waals surface area contributed by atoms with Gasteiger partial charge in [0.1, 0.15) is 11.6 Å². The first kappa shape index (κ1) is 17.2. The summed E-state index contributed by atoms with van der Waals surface area (Å²) in [6.07, 6.45) is 1.20. The third-order valence-electron chi connectivity index (χ3n) is 2.77. The lowest BCUT2D eigenvalue weighted by molar-refractivity contribution is 0.0951. The molecule has 0 bridgehead atoms. The zero-order valence-corrected chi connectivity index (χ0v) is 14.3. The normalized spacial score (nSPS) is 10.5. The van der Waals surface area contributed by atoms with Gasteiger partial charge in [0.05, 0.1) is 27.0 Å². The summed E-state index contributed by atoms with van der Waals surface area (Å²) >= 11 is 7.77. The molecule has 0 aliphatic carbocycles. The van der Waals surface area contributed by atoms with Crippen molar-refractivity contribution in [2.45, 2.75) is 0 Å². The molecule has 8 heteroatoms. The Morgan fingerprint density at radius 1 is 1.43 bits per heavy atom. The number of nitrogens with zero attached hydrogens (tertiary/aromatic N) is 2. The Kier molecular flexibility index (Phi) is 5.52. The van der Waals surface area contributed by atoms with Gasteiger partial charge in [-0.15, -0.1) is 0 Å². The topological polar surface area (TPSA) is 85.5 Å². The van der Waals surface area contributed by atoms with E-state index in [1.807, 2.05) is 22.6 Å². The van der Waals surface area contributed by atoms with Gasteiger partial charge < -0.3 is 5.11 Å². The number of phenolic OH excluding ortho intramolecular Hbond substituents is 1. The first-order valence-electron chi connectivity index (χ1n) is 6.13. The zero-order valence-electron chi connectivity index (χ0n) is 11.3. The summed E-state index contributed by atoms with van der Waals surface area (Å²) in [5, 5.41) is 22.6. The van der Waals surface area contributed by atoms with E-state index in [0.717, 1.165) is 6.07 Å². The highest BCUT2D eigenvalue weighted by Crippen LogP contribution is 2.27. The van der Waals surface area contributed by atoms with Crippen molar-refractivity contribution < 1.29 is 14.3 Å². The number of nitrogens with one attached hydrogen (secondary N) is 1. The molecule has 0 aliphatic heterocycles. The molecule has 0 aliphatic rings. The average molecular weight is 444 g/mol. The molecule has 0 aromatic heterocycles. The lowest BCUT2D eigenvalue weighted by Crippen LogP contribution is -2.19. The van der Waals surface area contributed by atoms with Crippen LogP contribution in [0, 0.1) is 20.7 Å². The van der Waals surface area contributed by atoms with Crippen molar-refractivity contribution in [1.82, 2.24) is 5.43 Å². The molecule has 2 aromatic rings. The minimum atomic E-state index is -0.822. The summed E-state index contributed by atoms with van der Waals surface area (Å²) in [4.78, 5) is 11.8. The van der Waals surface area contributed by atoms with Crippen molar-refractivity contribution >= 4 is 46.3 Å². The van der Waals surface area contributed by atoms with E-state index in [2.05, 4.69) is 10.5 Å². The largest absolute Gasteiger partial charge is 0.506 e. The number of benzene rings is 2. The second kappa shape index (κ2) is 7.39. The molecule has 0 atom stereocenters. The van der Waals surface area contributed by atoms with E-state index >= 15 is 0 Å². The molecular formula is C15H8ClFIN3O2. The van der Waals surface area contributed by atoms with Crippen molar-refractivity contribution in [1.29, 1.82) is 5.26 Å². The molecule has 1 amide bonds. The SMILES string of the molecule is N#Cc1ccc(C(=O)N/N=C\c2cc(Cl)cc(I)c2O)c(F)c1. The maximum Gasteiger partial charge on any atom is 0.274 e. The van der Waals surface area contributed by atoms with Crippen LogP contribution in [0.25, 0.3) is 0 Å². The third-order valence-corrected chi connectivity index (χ3v) is 3.81. The van der Waals surface area contributed by atoms with Crippen molar-refractivity contribution in [3.05, 3.63) is 61.4 Å². The Balaban J connectivity index is 2.15. The van der Waals surface area contributed by atoms with E-state index in [0.29, 0.717) is 14.2 Å². The standard InChI is InChI=1S/C15H8ClFIN3O2/c16-10-4-9(14(22)13(18)5-10)7-20-21-15(23)11-2-1-8(6-19)3-12(11)17/h1-5,7,22H,(H,21,23)/b20-7-. The number of amides is 1. The second-order valence-electron chi connectivity index (χ2n) is 4.33. The molecular weight excluding hydrogens is 436 g/mol. The van der Waals surface area contributed by atoms with Crippen LogP contribution in [0.2, 0.25) is 5.02 Å². The van der Waals surface area contributed by atoms with Crippen LogP contribution in [0.3, 0.4) is 0 Å². The van der Waals surface area contributed by atoms with Crippen molar-refractivity contribution in [3.8, 4) is 11.8 Å². The van der Waals surface area contributed by atoms with Crippen LogP contribution in [-0.2, 0) is 0 Å². The Hall–Kier alpha value is -2.18. The first-order valence-corrected chi connectivity index (χ1v) is 7.59. The maximum absolute atomic E-state index is 13.7. The predicted octanol–water partition coefficient (Wildman–Crippen LogP) is 3.42. The number of hydrazone groups is 1. The molecule has 2 rings (SSSR count). The number of hydrogen-bond acceptors (Lipinski definition) is 4. The molecule has 0 saturated carbocycles. The fraction of sp³-hybridized carbons (Fsp3) is 0. The van der Waals surface area contributed by atoms with Crippen LogP contribution >= 0.6 is 34.2 Å². The highest BCUT2D eigenvalue weighted by atomic mass is 127. The molecule has 116 valence electrons. The molecule has 0 spiro atoms. The van der Waals surface area contributed by atoms with E-state index in [1.165, 1.54) is 24.4 Å². The summed E-state index contributed by atoms with van der Waals surface area (Å²) in [7, 11) is 0. The summed E-state index contributed by atoms with van der Waals surface area (Å²) in [6.45, 7) is 0. The molecule has 0 radical (unpaired) electrons. The summed E-state index contributed by atoms with van der Waals surface area (Å²) in [5.41, 5.74) is 2.32. The average Bonchev–Trinajstić information content (AvgIpc) is 2.51. The van der Waals surface area contributed by atoms with Gasteiger partial charge in [0, 0.05) is 10.6 Å². The fourth-order valence-electron chi connectivity index (χ4n) is 1.67. The third kappa shape index (κ3) is 4.18. The van der Waals surface area contributed by atoms with Crippen LogP contribution in [0.15, 0.2) is 35.4 Å². The van der Waals surface area contributed by atoms with Crippen LogP contribution in [0.5, 0.6) is 5.75 Å². The Morgan fingerprint density at radius 2 is 2.17 bits per heavy atom. The molecule has 0 saturated heterocycles. The van der Waals surface area contributed by atoms with Gasteiger partial charge in [0.25, 0.3) is 5.91 Å².